The van der Waals surface area contributed by atoms with Gasteiger partial charge in [-0.2, -0.15) is 0 Å². The molecule has 1 amide bonds. The van der Waals surface area contributed by atoms with Crippen LogP contribution >= 0.6 is 0 Å². The van der Waals surface area contributed by atoms with Gasteiger partial charge in [-0.1, -0.05) is 0 Å². The summed E-state index contributed by atoms with van der Waals surface area (Å²) in [6, 6.07) is 6.02. The number of methoxy groups -OCH3 is 1. The van der Waals surface area contributed by atoms with Crippen LogP contribution in [0.25, 0.3) is 11.0 Å². The van der Waals surface area contributed by atoms with Gasteiger partial charge in [0.1, 0.15) is 11.3 Å². The van der Waals surface area contributed by atoms with E-state index in [0.29, 0.717) is 11.8 Å². The molecule has 144 valence electrons. The average molecular weight is 367 g/mol. The highest BCUT2D eigenvalue weighted by molar-refractivity contribution is 5.88. The maximum Gasteiger partial charge on any atom is 0.224 e. The molecule has 4 saturated carbocycles. The van der Waals surface area contributed by atoms with E-state index in [4.69, 9.17) is 9.15 Å². The Labute approximate surface area is 160 Å². The molecule has 1 aromatic heterocycles. The van der Waals surface area contributed by atoms with Crippen LogP contribution in [-0.2, 0) is 11.2 Å². The molecule has 0 saturated heterocycles. The fourth-order valence-electron chi connectivity index (χ4n) is 6.65. The highest BCUT2D eigenvalue weighted by atomic mass is 16.5. The van der Waals surface area contributed by atoms with E-state index in [2.05, 4.69) is 12.2 Å². The number of ether oxygens (including phenoxy) is 1. The highest BCUT2D eigenvalue weighted by Crippen LogP contribution is 2.61. The minimum Gasteiger partial charge on any atom is -0.497 e. The van der Waals surface area contributed by atoms with Crippen molar-refractivity contribution in [3.05, 3.63) is 30.0 Å². The first-order chi connectivity index (χ1) is 13.0. The average Bonchev–Trinajstić information content (AvgIpc) is 3.02. The van der Waals surface area contributed by atoms with Crippen LogP contribution in [0, 0.1) is 23.2 Å². The van der Waals surface area contributed by atoms with Gasteiger partial charge in [-0.15, -0.1) is 0 Å². The largest absolute Gasteiger partial charge is 0.497 e. The smallest absolute Gasteiger partial charge is 0.224 e. The molecule has 0 spiro atoms. The van der Waals surface area contributed by atoms with E-state index >= 15 is 0 Å². The molecule has 4 nitrogen and oxygen atoms in total. The number of fused-ring (bicyclic) bond motifs is 1. The second-order valence-corrected chi connectivity index (χ2v) is 9.37. The molecule has 1 N–H and O–H groups in total. The molecule has 1 aromatic carbocycles. The maximum atomic E-state index is 12.8. The first kappa shape index (κ1) is 17.2. The lowest BCUT2D eigenvalue weighted by atomic mass is 9.48. The van der Waals surface area contributed by atoms with Crippen LogP contribution < -0.4 is 10.1 Å². The molecule has 1 heterocycles. The molecule has 2 aromatic rings. The molecule has 4 aliphatic rings. The second kappa shape index (κ2) is 6.29. The van der Waals surface area contributed by atoms with Gasteiger partial charge in [0.05, 0.1) is 19.8 Å². The summed E-state index contributed by atoms with van der Waals surface area (Å²) in [4.78, 5) is 12.8. The van der Waals surface area contributed by atoms with Crippen molar-refractivity contribution in [2.45, 2.75) is 57.9 Å². The summed E-state index contributed by atoms with van der Waals surface area (Å²) in [5.41, 5.74) is 2.06. The Morgan fingerprint density at radius 3 is 2.52 bits per heavy atom. The zero-order valence-corrected chi connectivity index (χ0v) is 16.3. The van der Waals surface area contributed by atoms with Crippen molar-refractivity contribution in [1.82, 2.24) is 5.32 Å². The van der Waals surface area contributed by atoms with Gasteiger partial charge in [0.2, 0.25) is 5.91 Å². The molecule has 1 atom stereocenters. The van der Waals surface area contributed by atoms with Crippen LogP contribution in [0.15, 0.2) is 28.9 Å². The van der Waals surface area contributed by atoms with E-state index in [1.54, 1.807) is 13.4 Å². The summed E-state index contributed by atoms with van der Waals surface area (Å²) in [6.07, 6.45) is 10.3. The lowest BCUT2D eigenvalue weighted by Crippen LogP contribution is -2.56. The second-order valence-electron chi connectivity index (χ2n) is 9.37. The van der Waals surface area contributed by atoms with Gasteiger partial charge in [-0.25, -0.2) is 0 Å². The fraction of sp³-hybridized carbons (Fsp3) is 0.609. The molecule has 0 unspecified atom stereocenters. The van der Waals surface area contributed by atoms with Crippen LogP contribution in [0.3, 0.4) is 0 Å². The molecule has 0 aliphatic heterocycles. The van der Waals surface area contributed by atoms with Gasteiger partial charge in [0.25, 0.3) is 0 Å². The third-order valence-corrected chi connectivity index (χ3v) is 7.60. The SMILES string of the molecule is COc1ccc2c(CC(=O)N[C@@H](C)C34CC5CC(CC(C5)C3)C4)coc2c1. The predicted molar refractivity (Wildman–Crippen MR) is 105 cm³/mol. The summed E-state index contributed by atoms with van der Waals surface area (Å²) >= 11 is 0. The molecule has 27 heavy (non-hydrogen) atoms. The van der Waals surface area contributed by atoms with Crippen LogP contribution in [0.2, 0.25) is 0 Å². The summed E-state index contributed by atoms with van der Waals surface area (Å²) in [5, 5.41) is 4.35. The standard InChI is InChI=1S/C23H29NO3/c1-14(23-10-15-5-16(11-23)7-17(6-15)12-23)24-22(25)8-18-13-27-21-9-19(26-2)3-4-20(18)21/h3-4,9,13-17H,5-8,10-12H2,1-2H3,(H,24,25)/t14-,15?,16?,17?,23?/m0/s1. The third kappa shape index (κ3) is 2.94. The van der Waals surface area contributed by atoms with Crippen molar-refractivity contribution in [2.24, 2.45) is 23.2 Å². The van der Waals surface area contributed by atoms with E-state index in [9.17, 15) is 4.79 Å². The fourth-order valence-corrected chi connectivity index (χ4v) is 6.65. The van der Waals surface area contributed by atoms with Crippen LogP contribution in [0.1, 0.15) is 51.0 Å². The third-order valence-electron chi connectivity index (χ3n) is 7.60. The normalized spacial score (nSPS) is 32.6. The summed E-state index contributed by atoms with van der Waals surface area (Å²) in [7, 11) is 1.64. The first-order valence-electron chi connectivity index (χ1n) is 10.4. The molecule has 6 rings (SSSR count). The minimum absolute atomic E-state index is 0.108. The Balaban J connectivity index is 1.28. The predicted octanol–water partition coefficient (Wildman–Crippen LogP) is 4.71. The number of benzene rings is 1. The zero-order chi connectivity index (χ0) is 18.6. The van der Waals surface area contributed by atoms with Gasteiger partial charge in [0, 0.05) is 23.1 Å². The van der Waals surface area contributed by atoms with E-state index in [1.165, 1.54) is 38.5 Å². The lowest BCUT2D eigenvalue weighted by molar-refractivity contribution is -0.125. The number of hydrogen-bond acceptors (Lipinski definition) is 3. The quantitative estimate of drug-likeness (QED) is 0.833. The number of amides is 1. The van der Waals surface area contributed by atoms with Crippen molar-refractivity contribution in [3.63, 3.8) is 0 Å². The summed E-state index contributed by atoms with van der Waals surface area (Å²) in [5.74, 6) is 3.59. The van der Waals surface area contributed by atoms with Gasteiger partial charge in [-0.05, 0) is 80.8 Å². The van der Waals surface area contributed by atoms with Crippen molar-refractivity contribution in [3.8, 4) is 5.75 Å². The van der Waals surface area contributed by atoms with Crippen molar-refractivity contribution >= 4 is 16.9 Å². The van der Waals surface area contributed by atoms with Gasteiger partial charge in [-0.3, -0.25) is 4.79 Å². The topological polar surface area (TPSA) is 51.5 Å². The first-order valence-corrected chi connectivity index (χ1v) is 10.4. The Morgan fingerprint density at radius 2 is 1.89 bits per heavy atom. The Morgan fingerprint density at radius 1 is 1.22 bits per heavy atom. The molecule has 4 aliphatic carbocycles. The van der Waals surface area contributed by atoms with Crippen LogP contribution in [-0.4, -0.2) is 19.1 Å². The lowest BCUT2D eigenvalue weighted by Gasteiger charge is -2.59. The maximum absolute atomic E-state index is 12.8. The highest BCUT2D eigenvalue weighted by Gasteiger charge is 2.53. The zero-order valence-electron chi connectivity index (χ0n) is 16.3. The monoisotopic (exact) mass is 367 g/mol. The Kier molecular flexibility index (Phi) is 3.99. The van der Waals surface area contributed by atoms with Crippen molar-refractivity contribution in [1.29, 1.82) is 0 Å². The Bertz CT molecular complexity index is 832. The number of carbonyl (C=O) groups is 1. The number of nitrogens with one attached hydrogen (secondary N) is 1. The minimum atomic E-state index is 0.108. The van der Waals surface area contributed by atoms with Gasteiger partial charge in [0.15, 0.2) is 0 Å². The van der Waals surface area contributed by atoms with Crippen LogP contribution in [0.4, 0.5) is 0 Å². The molecule has 4 bridgehead atoms. The molecule has 0 radical (unpaired) electrons. The number of furan rings is 1. The van der Waals surface area contributed by atoms with Crippen molar-refractivity contribution in [2.75, 3.05) is 7.11 Å². The summed E-state index contributed by atoms with van der Waals surface area (Å²) < 4.78 is 10.9. The molecular weight excluding hydrogens is 338 g/mol. The van der Waals surface area contributed by atoms with Gasteiger partial charge < -0.3 is 14.5 Å². The van der Waals surface area contributed by atoms with Gasteiger partial charge >= 0.3 is 0 Å². The van der Waals surface area contributed by atoms with Crippen molar-refractivity contribution < 1.29 is 13.9 Å². The number of hydrogen-bond donors (Lipinski definition) is 1. The Hall–Kier alpha value is -1.97. The summed E-state index contributed by atoms with van der Waals surface area (Å²) in [6.45, 7) is 2.24. The van der Waals surface area contributed by atoms with E-state index in [1.807, 2.05) is 18.2 Å². The van der Waals surface area contributed by atoms with E-state index < -0.39 is 0 Å². The molecular formula is C23H29NO3. The molecule has 4 heteroatoms. The number of carbonyl (C=O) groups excluding carboxylic acids is 1. The van der Waals surface area contributed by atoms with E-state index in [-0.39, 0.29) is 11.9 Å². The van der Waals surface area contributed by atoms with Crippen LogP contribution in [0.5, 0.6) is 5.75 Å². The molecule has 4 fully saturated rings. The number of rotatable bonds is 5. The van der Waals surface area contributed by atoms with E-state index in [0.717, 1.165) is 40.0 Å².